The molecule has 0 radical (unpaired) electrons. The molecule has 0 amide bonds. The lowest BCUT2D eigenvalue weighted by molar-refractivity contribution is 1.05. The van der Waals surface area contributed by atoms with E-state index in [1.54, 1.807) is 6.33 Å². The summed E-state index contributed by atoms with van der Waals surface area (Å²) >= 11 is 0. The lowest BCUT2D eigenvalue weighted by atomic mass is 10.3. The Bertz CT molecular complexity index is 440. The summed E-state index contributed by atoms with van der Waals surface area (Å²) < 4.78 is 0. The van der Waals surface area contributed by atoms with Crippen LogP contribution in [0.3, 0.4) is 0 Å². The number of aromatic nitrogens is 2. The van der Waals surface area contributed by atoms with Crippen LogP contribution in [0.25, 0.3) is 0 Å². The van der Waals surface area contributed by atoms with Crippen molar-refractivity contribution in [1.29, 1.82) is 0 Å². The number of hydrogen-bond acceptors (Lipinski definition) is 3. The molecule has 76 valence electrons. The molecule has 2 rings (SSSR count). The third-order valence-electron chi connectivity index (χ3n) is 2.28. The summed E-state index contributed by atoms with van der Waals surface area (Å²) in [6.07, 6.45) is 1.59. The van der Waals surface area contributed by atoms with Crippen LogP contribution in [0.4, 0.5) is 11.5 Å². The molecular formula is C12H13N3. The van der Waals surface area contributed by atoms with Gasteiger partial charge in [-0.2, -0.15) is 0 Å². The van der Waals surface area contributed by atoms with E-state index in [4.69, 9.17) is 0 Å². The largest absolute Gasteiger partial charge is 0.329 e. The van der Waals surface area contributed by atoms with Gasteiger partial charge in [0.1, 0.15) is 12.1 Å². The van der Waals surface area contributed by atoms with Crippen LogP contribution in [0, 0.1) is 6.92 Å². The molecular weight excluding hydrogens is 186 g/mol. The Hall–Kier alpha value is -1.90. The van der Waals surface area contributed by atoms with Gasteiger partial charge in [0.25, 0.3) is 0 Å². The van der Waals surface area contributed by atoms with Crippen LogP contribution < -0.4 is 4.90 Å². The number of aryl methyl sites for hydroxylation is 1. The van der Waals surface area contributed by atoms with Gasteiger partial charge in [0.2, 0.25) is 0 Å². The molecule has 0 unspecified atom stereocenters. The first-order valence-corrected chi connectivity index (χ1v) is 4.85. The lowest BCUT2D eigenvalue weighted by Gasteiger charge is -2.17. The van der Waals surface area contributed by atoms with E-state index in [1.165, 1.54) is 0 Å². The van der Waals surface area contributed by atoms with Crippen molar-refractivity contribution in [2.75, 3.05) is 11.9 Å². The van der Waals surface area contributed by atoms with Crippen LogP contribution in [0.5, 0.6) is 0 Å². The van der Waals surface area contributed by atoms with E-state index < -0.39 is 0 Å². The molecule has 0 bridgehead atoms. The quantitative estimate of drug-likeness (QED) is 0.744. The summed E-state index contributed by atoms with van der Waals surface area (Å²) in [6, 6.07) is 12.1. The molecule has 0 spiro atoms. The molecule has 1 heterocycles. The van der Waals surface area contributed by atoms with Crippen molar-refractivity contribution in [1.82, 2.24) is 9.97 Å². The first-order valence-electron chi connectivity index (χ1n) is 4.85. The molecule has 0 N–H and O–H groups in total. The first-order chi connectivity index (χ1) is 7.27. The van der Waals surface area contributed by atoms with Gasteiger partial charge in [-0.05, 0) is 19.1 Å². The zero-order valence-corrected chi connectivity index (χ0v) is 8.88. The van der Waals surface area contributed by atoms with Gasteiger partial charge >= 0.3 is 0 Å². The Kier molecular flexibility index (Phi) is 2.63. The smallest absolute Gasteiger partial charge is 0.136 e. The molecule has 0 fully saturated rings. The lowest BCUT2D eigenvalue weighted by Crippen LogP contribution is -2.11. The Morgan fingerprint density at radius 3 is 2.47 bits per heavy atom. The molecule has 0 saturated heterocycles. The van der Waals surface area contributed by atoms with E-state index in [9.17, 15) is 0 Å². The summed E-state index contributed by atoms with van der Waals surface area (Å²) in [4.78, 5) is 10.3. The zero-order chi connectivity index (χ0) is 10.7. The fourth-order valence-corrected chi connectivity index (χ4v) is 1.41. The van der Waals surface area contributed by atoms with E-state index in [0.717, 1.165) is 17.2 Å². The maximum absolute atomic E-state index is 4.23. The number of para-hydroxylation sites is 1. The van der Waals surface area contributed by atoms with Gasteiger partial charge in [-0.1, -0.05) is 18.2 Å². The summed E-state index contributed by atoms with van der Waals surface area (Å²) in [6.45, 7) is 1.96. The minimum atomic E-state index is 0.911. The predicted molar refractivity (Wildman–Crippen MR) is 61.3 cm³/mol. The number of nitrogens with zero attached hydrogens (tertiary/aromatic N) is 3. The van der Waals surface area contributed by atoms with Crippen molar-refractivity contribution in [3.8, 4) is 0 Å². The zero-order valence-electron chi connectivity index (χ0n) is 8.88. The molecule has 0 saturated carbocycles. The third kappa shape index (κ3) is 2.13. The Balaban J connectivity index is 2.32. The second-order valence-corrected chi connectivity index (χ2v) is 3.41. The highest BCUT2D eigenvalue weighted by Crippen LogP contribution is 2.20. The highest BCUT2D eigenvalue weighted by molar-refractivity contribution is 5.58. The topological polar surface area (TPSA) is 29.0 Å². The standard InChI is InChI=1S/C12H13N3/c1-10-8-12(14-9-13-10)15(2)11-6-4-3-5-7-11/h3-9H,1-2H3. The van der Waals surface area contributed by atoms with Crippen molar-refractivity contribution in [3.05, 3.63) is 48.4 Å². The summed E-state index contributed by atoms with van der Waals surface area (Å²) in [5, 5.41) is 0. The third-order valence-corrected chi connectivity index (χ3v) is 2.28. The minimum Gasteiger partial charge on any atom is -0.329 e. The normalized spacial score (nSPS) is 10.0. The van der Waals surface area contributed by atoms with E-state index in [0.29, 0.717) is 0 Å². The maximum atomic E-state index is 4.23. The van der Waals surface area contributed by atoms with Gasteiger partial charge in [-0.15, -0.1) is 0 Å². The molecule has 0 aliphatic rings. The van der Waals surface area contributed by atoms with E-state index >= 15 is 0 Å². The molecule has 1 aromatic heterocycles. The van der Waals surface area contributed by atoms with Crippen molar-refractivity contribution >= 4 is 11.5 Å². The molecule has 0 aliphatic carbocycles. The number of anilines is 2. The second-order valence-electron chi connectivity index (χ2n) is 3.41. The van der Waals surface area contributed by atoms with E-state index in [1.807, 2.05) is 43.1 Å². The summed E-state index contributed by atoms with van der Waals surface area (Å²) in [7, 11) is 2.00. The van der Waals surface area contributed by atoms with Crippen LogP contribution in [-0.2, 0) is 0 Å². The fourth-order valence-electron chi connectivity index (χ4n) is 1.41. The van der Waals surface area contributed by atoms with Gasteiger partial charge in [0.15, 0.2) is 0 Å². The van der Waals surface area contributed by atoms with Crippen molar-refractivity contribution in [2.24, 2.45) is 0 Å². The summed E-state index contributed by atoms with van der Waals surface area (Å²) in [5.41, 5.74) is 2.10. The first kappa shape index (κ1) is 9.65. The summed E-state index contributed by atoms with van der Waals surface area (Å²) in [5.74, 6) is 0.911. The molecule has 3 nitrogen and oxygen atoms in total. The van der Waals surface area contributed by atoms with Gasteiger partial charge in [0, 0.05) is 24.5 Å². The van der Waals surface area contributed by atoms with Gasteiger partial charge in [-0.25, -0.2) is 9.97 Å². The monoisotopic (exact) mass is 199 g/mol. The molecule has 3 heteroatoms. The van der Waals surface area contributed by atoms with Crippen molar-refractivity contribution < 1.29 is 0 Å². The predicted octanol–water partition coefficient (Wildman–Crippen LogP) is 2.55. The highest BCUT2D eigenvalue weighted by Gasteiger charge is 2.04. The van der Waals surface area contributed by atoms with Gasteiger partial charge in [0.05, 0.1) is 0 Å². The molecule has 15 heavy (non-hydrogen) atoms. The molecule has 0 aliphatic heterocycles. The number of hydrogen-bond donors (Lipinski definition) is 0. The Labute approximate surface area is 89.4 Å². The molecule has 1 aromatic carbocycles. The Morgan fingerprint density at radius 2 is 1.80 bits per heavy atom. The van der Waals surface area contributed by atoms with E-state index in [2.05, 4.69) is 22.1 Å². The number of rotatable bonds is 2. The molecule has 2 aromatic rings. The van der Waals surface area contributed by atoms with Crippen LogP contribution in [0.15, 0.2) is 42.7 Å². The van der Waals surface area contributed by atoms with Gasteiger partial charge in [-0.3, -0.25) is 0 Å². The average molecular weight is 199 g/mol. The highest BCUT2D eigenvalue weighted by atomic mass is 15.2. The number of benzene rings is 1. The maximum Gasteiger partial charge on any atom is 0.136 e. The minimum absolute atomic E-state index is 0.911. The van der Waals surface area contributed by atoms with Gasteiger partial charge < -0.3 is 4.90 Å². The Morgan fingerprint density at radius 1 is 1.07 bits per heavy atom. The fraction of sp³-hybridized carbons (Fsp3) is 0.167. The van der Waals surface area contributed by atoms with Crippen molar-refractivity contribution in [3.63, 3.8) is 0 Å². The van der Waals surface area contributed by atoms with Crippen LogP contribution in [0.2, 0.25) is 0 Å². The van der Waals surface area contributed by atoms with Crippen LogP contribution in [-0.4, -0.2) is 17.0 Å². The van der Waals surface area contributed by atoms with E-state index in [-0.39, 0.29) is 0 Å². The van der Waals surface area contributed by atoms with Crippen molar-refractivity contribution in [2.45, 2.75) is 6.92 Å². The SMILES string of the molecule is Cc1cc(N(C)c2ccccc2)ncn1. The molecule has 0 atom stereocenters. The van der Waals surface area contributed by atoms with Crippen LogP contribution in [0.1, 0.15) is 5.69 Å². The average Bonchev–Trinajstić information content (AvgIpc) is 2.29. The van der Waals surface area contributed by atoms with Crippen LogP contribution >= 0.6 is 0 Å². The second kappa shape index (κ2) is 4.09.